The predicted molar refractivity (Wildman–Crippen MR) is 140 cm³/mol. The average Bonchev–Trinajstić information content (AvgIpc) is 3.60. The lowest BCUT2D eigenvalue weighted by Crippen LogP contribution is -2.42. The van der Waals surface area contributed by atoms with Crippen molar-refractivity contribution in [3.63, 3.8) is 0 Å². The molecule has 5 rings (SSSR count). The number of carbonyl (C=O) groups excluding carboxylic acids is 1. The zero-order valence-corrected chi connectivity index (χ0v) is 21.2. The largest absolute Gasteiger partial charge is 0.485 e. The molecule has 1 atom stereocenters. The molecule has 0 saturated carbocycles. The molecule has 2 aliphatic heterocycles. The van der Waals surface area contributed by atoms with Crippen LogP contribution in [-0.2, 0) is 6.61 Å². The van der Waals surface area contributed by atoms with Gasteiger partial charge in [0.25, 0.3) is 5.91 Å². The molecule has 2 fully saturated rings. The molecule has 2 saturated heterocycles. The van der Waals surface area contributed by atoms with Gasteiger partial charge in [-0.25, -0.2) is 13.8 Å². The van der Waals surface area contributed by atoms with Crippen molar-refractivity contribution in [2.24, 2.45) is 0 Å². The van der Waals surface area contributed by atoms with Gasteiger partial charge >= 0.3 is 0 Å². The SMILES string of the molecule is Nc1ncc(-c2ccc(C(=O)N3CCC[C@H]3CN3CCCC3)cc2)cc1OCc1c(F)ccc(F)c1Cl. The molecule has 0 radical (unpaired) electrons. The summed E-state index contributed by atoms with van der Waals surface area (Å²) in [6.07, 6.45) is 6.16. The van der Waals surface area contributed by atoms with Crippen LogP contribution >= 0.6 is 11.6 Å². The number of pyridine rings is 1. The van der Waals surface area contributed by atoms with Crippen molar-refractivity contribution in [3.05, 3.63) is 76.4 Å². The number of nitrogens with zero attached hydrogens (tertiary/aromatic N) is 3. The number of rotatable bonds is 7. The van der Waals surface area contributed by atoms with E-state index >= 15 is 0 Å². The highest BCUT2D eigenvalue weighted by atomic mass is 35.5. The van der Waals surface area contributed by atoms with Crippen LogP contribution in [0.2, 0.25) is 5.02 Å². The number of nitrogens with two attached hydrogens (primary N) is 1. The zero-order chi connectivity index (χ0) is 25.9. The Hall–Kier alpha value is -3.23. The van der Waals surface area contributed by atoms with Crippen LogP contribution in [0.1, 0.15) is 41.6 Å². The van der Waals surface area contributed by atoms with Crippen LogP contribution in [0.4, 0.5) is 14.6 Å². The highest BCUT2D eigenvalue weighted by Crippen LogP contribution is 2.30. The number of likely N-dealkylation sites (tertiary alicyclic amines) is 2. The van der Waals surface area contributed by atoms with Crippen LogP contribution in [0, 0.1) is 11.6 Å². The Labute approximate surface area is 220 Å². The highest BCUT2D eigenvalue weighted by molar-refractivity contribution is 6.31. The van der Waals surface area contributed by atoms with Crippen LogP contribution in [0.5, 0.6) is 5.75 Å². The van der Waals surface area contributed by atoms with Gasteiger partial charge in [0.2, 0.25) is 0 Å². The van der Waals surface area contributed by atoms with Gasteiger partial charge < -0.3 is 20.3 Å². The minimum absolute atomic E-state index is 0.0571. The summed E-state index contributed by atoms with van der Waals surface area (Å²) in [5, 5.41) is -0.330. The molecule has 1 amide bonds. The Morgan fingerprint density at radius 3 is 2.51 bits per heavy atom. The fraction of sp³-hybridized carbons (Fsp3) is 0.357. The lowest BCUT2D eigenvalue weighted by atomic mass is 10.0. The number of aromatic nitrogens is 1. The van der Waals surface area contributed by atoms with E-state index in [1.807, 2.05) is 29.2 Å². The maximum absolute atomic E-state index is 14.1. The third-order valence-electron chi connectivity index (χ3n) is 7.16. The second-order valence-corrected chi connectivity index (χ2v) is 9.98. The summed E-state index contributed by atoms with van der Waals surface area (Å²) in [5.74, 6) is -1.01. The first-order valence-electron chi connectivity index (χ1n) is 12.5. The van der Waals surface area contributed by atoms with Crippen molar-refractivity contribution in [1.82, 2.24) is 14.8 Å². The number of nitrogen functional groups attached to an aromatic ring is 1. The summed E-state index contributed by atoms with van der Waals surface area (Å²) in [6.45, 7) is 3.68. The molecule has 2 N–H and O–H groups in total. The van der Waals surface area contributed by atoms with Gasteiger partial charge in [0.15, 0.2) is 11.6 Å². The molecular formula is C28H29ClF2N4O2. The summed E-state index contributed by atoms with van der Waals surface area (Å²) in [4.78, 5) is 21.9. The van der Waals surface area contributed by atoms with Gasteiger partial charge in [-0.2, -0.15) is 0 Å². The van der Waals surface area contributed by atoms with E-state index in [1.54, 1.807) is 12.3 Å². The van der Waals surface area contributed by atoms with Gasteiger partial charge in [-0.05, 0) is 74.7 Å². The molecule has 0 spiro atoms. The lowest BCUT2D eigenvalue weighted by Gasteiger charge is -2.28. The molecule has 37 heavy (non-hydrogen) atoms. The number of amides is 1. The Morgan fingerprint density at radius 2 is 1.76 bits per heavy atom. The van der Waals surface area contributed by atoms with Crippen molar-refractivity contribution in [1.29, 1.82) is 0 Å². The third-order valence-corrected chi connectivity index (χ3v) is 7.57. The molecular weight excluding hydrogens is 498 g/mol. The minimum Gasteiger partial charge on any atom is -0.485 e. The summed E-state index contributed by atoms with van der Waals surface area (Å²) >= 11 is 5.90. The lowest BCUT2D eigenvalue weighted by molar-refractivity contribution is 0.0709. The first-order valence-corrected chi connectivity index (χ1v) is 12.9. The standard InChI is InChI=1S/C28H29ClF2N4O2/c29-26-22(23(30)9-10-24(26)31)17-37-25-14-20(15-33-27(25)32)18-5-7-19(8-6-18)28(36)35-13-3-4-21(35)16-34-11-1-2-12-34/h5-10,14-15,21H,1-4,11-13,16-17H2,(H2,32,33)/t21-/m0/s1. The molecule has 0 unspecified atom stereocenters. The molecule has 3 heterocycles. The molecule has 3 aromatic rings. The highest BCUT2D eigenvalue weighted by Gasteiger charge is 2.31. The van der Waals surface area contributed by atoms with Gasteiger partial charge in [0, 0.05) is 42.0 Å². The fourth-order valence-electron chi connectivity index (χ4n) is 5.11. The molecule has 2 aliphatic rings. The maximum atomic E-state index is 14.1. The number of ether oxygens (including phenoxy) is 1. The van der Waals surface area contributed by atoms with Crippen LogP contribution in [0.25, 0.3) is 11.1 Å². The van der Waals surface area contributed by atoms with Gasteiger partial charge in [-0.1, -0.05) is 23.7 Å². The molecule has 0 bridgehead atoms. The summed E-state index contributed by atoms with van der Waals surface area (Å²) in [5.41, 5.74) is 8.03. The van der Waals surface area contributed by atoms with E-state index in [0.717, 1.165) is 56.7 Å². The Morgan fingerprint density at radius 1 is 1.03 bits per heavy atom. The van der Waals surface area contributed by atoms with E-state index in [9.17, 15) is 13.6 Å². The molecule has 2 aromatic carbocycles. The fourth-order valence-corrected chi connectivity index (χ4v) is 5.31. The minimum atomic E-state index is -0.729. The quantitative estimate of drug-likeness (QED) is 0.409. The zero-order valence-electron chi connectivity index (χ0n) is 20.4. The van der Waals surface area contributed by atoms with Crippen molar-refractivity contribution in [2.45, 2.75) is 38.3 Å². The van der Waals surface area contributed by atoms with Gasteiger partial charge in [-0.3, -0.25) is 4.79 Å². The second kappa shape index (κ2) is 11.0. The van der Waals surface area contributed by atoms with Crippen LogP contribution < -0.4 is 10.5 Å². The first kappa shape index (κ1) is 25.4. The van der Waals surface area contributed by atoms with Gasteiger partial charge in [0.05, 0.1) is 5.02 Å². The normalized spacial score (nSPS) is 17.9. The number of anilines is 1. The number of hydrogen-bond acceptors (Lipinski definition) is 5. The van der Waals surface area contributed by atoms with E-state index < -0.39 is 11.6 Å². The van der Waals surface area contributed by atoms with Gasteiger partial charge in [-0.15, -0.1) is 0 Å². The molecule has 0 aliphatic carbocycles. The number of hydrogen-bond donors (Lipinski definition) is 1. The number of carbonyl (C=O) groups is 1. The Balaban J connectivity index is 1.28. The smallest absolute Gasteiger partial charge is 0.254 e. The third kappa shape index (κ3) is 5.55. The van der Waals surface area contributed by atoms with Crippen molar-refractivity contribution < 1.29 is 18.3 Å². The first-order chi connectivity index (χ1) is 17.9. The molecule has 6 nitrogen and oxygen atoms in total. The van der Waals surface area contributed by atoms with E-state index in [-0.39, 0.29) is 40.7 Å². The molecule has 9 heteroatoms. The number of benzene rings is 2. The predicted octanol–water partition coefficient (Wildman–Crippen LogP) is 5.54. The van der Waals surface area contributed by atoms with Crippen molar-refractivity contribution in [2.75, 3.05) is 31.9 Å². The monoisotopic (exact) mass is 526 g/mol. The van der Waals surface area contributed by atoms with Crippen molar-refractivity contribution in [3.8, 4) is 16.9 Å². The van der Waals surface area contributed by atoms with E-state index in [0.29, 0.717) is 11.1 Å². The molecule has 1 aromatic heterocycles. The topological polar surface area (TPSA) is 71.7 Å². The van der Waals surface area contributed by atoms with E-state index in [1.165, 1.54) is 12.8 Å². The van der Waals surface area contributed by atoms with Crippen LogP contribution in [0.15, 0.2) is 48.7 Å². The van der Waals surface area contributed by atoms with E-state index in [2.05, 4.69) is 9.88 Å². The average molecular weight is 527 g/mol. The molecule has 194 valence electrons. The summed E-state index contributed by atoms with van der Waals surface area (Å²) in [7, 11) is 0. The van der Waals surface area contributed by atoms with Crippen LogP contribution in [-0.4, -0.2) is 52.9 Å². The van der Waals surface area contributed by atoms with Crippen LogP contribution in [0.3, 0.4) is 0 Å². The van der Waals surface area contributed by atoms with Crippen molar-refractivity contribution >= 4 is 23.3 Å². The Kier molecular flexibility index (Phi) is 7.58. The summed E-state index contributed by atoms with van der Waals surface area (Å²) < 4.78 is 33.5. The van der Waals surface area contributed by atoms with Gasteiger partial charge in [0.1, 0.15) is 18.2 Å². The summed E-state index contributed by atoms with van der Waals surface area (Å²) in [6, 6.07) is 11.3. The Bertz CT molecular complexity index is 1280. The second-order valence-electron chi connectivity index (χ2n) is 9.60. The number of halogens is 3. The maximum Gasteiger partial charge on any atom is 0.254 e. The van der Waals surface area contributed by atoms with E-state index in [4.69, 9.17) is 22.1 Å².